The van der Waals surface area contributed by atoms with Crippen molar-refractivity contribution < 1.29 is 19.1 Å². The maximum atomic E-state index is 11.9. The molecule has 1 heterocycles. The molecular formula is C21H24N2O4. The molecule has 2 aromatic carbocycles. The van der Waals surface area contributed by atoms with Crippen molar-refractivity contribution in [2.75, 3.05) is 19.8 Å². The molecule has 6 nitrogen and oxygen atoms in total. The molecule has 1 aliphatic rings. The zero-order valence-corrected chi connectivity index (χ0v) is 15.1. The first-order valence-corrected chi connectivity index (χ1v) is 9.14. The van der Waals surface area contributed by atoms with Crippen molar-refractivity contribution >= 4 is 11.8 Å². The van der Waals surface area contributed by atoms with Crippen molar-refractivity contribution in [3.05, 3.63) is 65.7 Å². The Hall–Kier alpha value is -2.86. The van der Waals surface area contributed by atoms with Crippen LogP contribution in [0.2, 0.25) is 0 Å². The van der Waals surface area contributed by atoms with Gasteiger partial charge in [0.2, 0.25) is 5.91 Å². The van der Waals surface area contributed by atoms with Gasteiger partial charge in [0.25, 0.3) is 5.91 Å². The van der Waals surface area contributed by atoms with Gasteiger partial charge in [-0.25, -0.2) is 0 Å². The molecule has 1 unspecified atom stereocenters. The SMILES string of the molecule is O=C(CNC(=O)c1ccccc1)NCc1ccc(OCC2CCCO2)cc1. The predicted molar refractivity (Wildman–Crippen MR) is 102 cm³/mol. The second-order valence-electron chi connectivity index (χ2n) is 6.42. The van der Waals surface area contributed by atoms with E-state index in [4.69, 9.17) is 9.47 Å². The summed E-state index contributed by atoms with van der Waals surface area (Å²) in [5.41, 5.74) is 1.49. The maximum absolute atomic E-state index is 11.9. The summed E-state index contributed by atoms with van der Waals surface area (Å²) in [6.45, 7) is 1.72. The van der Waals surface area contributed by atoms with E-state index in [1.54, 1.807) is 24.3 Å². The summed E-state index contributed by atoms with van der Waals surface area (Å²) in [4.78, 5) is 23.8. The summed E-state index contributed by atoms with van der Waals surface area (Å²) < 4.78 is 11.2. The molecule has 0 saturated carbocycles. The highest BCUT2D eigenvalue weighted by molar-refractivity contribution is 5.96. The van der Waals surface area contributed by atoms with Gasteiger partial charge in [-0.1, -0.05) is 30.3 Å². The highest BCUT2D eigenvalue weighted by Crippen LogP contribution is 2.16. The molecule has 6 heteroatoms. The van der Waals surface area contributed by atoms with Crippen molar-refractivity contribution in [2.24, 2.45) is 0 Å². The van der Waals surface area contributed by atoms with Gasteiger partial charge in [-0.3, -0.25) is 9.59 Å². The summed E-state index contributed by atoms with van der Waals surface area (Å²) in [5.74, 6) is 0.284. The van der Waals surface area contributed by atoms with Gasteiger partial charge in [-0.15, -0.1) is 0 Å². The molecule has 1 fully saturated rings. The minimum Gasteiger partial charge on any atom is -0.491 e. The Morgan fingerprint density at radius 2 is 1.81 bits per heavy atom. The fourth-order valence-corrected chi connectivity index (χ4v) is 2.78. The number of hydrogen-bond donors (Lipinski definition) is 2. The number of carbonyl (C=O) groups is 2. The summed E-state index contributed by atoms with van der Waals surface area (Å²) in [5, 5.41) is 5.39. The van der Waals surface area contributed by atoms with Crippen molar-refractivity contribution in [1.29, 1.82) is 0 Å². The number of ether oxygens (including phenoxy) is 2. The lowest BCUT2D eigenvalue weighted by atomic mass is 10.2. The third-order valence-corrected chi connectivity index (χ3v) is 4.32. The van der Waals surface area contributed by atoms with Gasteiger partial charge >= 0.3 is 0 Å². The molecule has 2 amide bonds. The first kappa shape index (κ1) is 18.9. The van der Waals surface area contributed by atoms with E-state index in [9.17, 15) is 9.59 Å². The molecule has 2 aromatic rings. The van der Waals surface area contributed by atoms with Crippen molar-refractivity contribution in [1.82, 2.24) is 10.6 Å². The van der Waals surface area contributed by atoms with Crippen LogP contribution in [-0.2, 0) is 16.1 Å². The molecular weight excluding hydrogens is 344 g/mol. The molecule has 1 saturated heterocycles. The molecule has 0 radical (unpaired) electrons. The Bertz CT molecular complexity index is 741. The van der Waals surface area contributed by atoms with Crippen LogP contribution < -0.4 is 15.4 Å². The first-order chi connectivity index (χ1) is 13.2. The van der Waals surface area contributed by atoms with Gasteiger partial charge in [0, 0.05) is 18.7 Å². The molecule has 2 N–H and O–H groups in total. The monoisotopic (exact) mass is 368 g/mol. The fraction of sp³-hybridized carbons (Fsp3) is 0.333. The molecule has 1 atom stereocenters. The highest BCUT2D eigenvalue weighted by Gasteiger charge is 2.15. The largest absolute Gasteiger partial charge is 0.491 e. The Morgan fingerprint density at radius 1 is 1.04 bits per heavy atom. The second kappa shape index (κ2) is 9.73. The third kappa shape index (κ3) is 6.11. The maximum Gasteiger partial charge on any atom is 0.251 e. The standard InChI is InChI=1S/C21H24N2O4/c24-20(14-23-21(25)17-5-2-1-3-6-17)22-13-16-8-10-18(11-9-16)27-15-19-7-4-12-26-19/h1-3,5-6,8-11,19H,4,7,12-15H2,(H,22,24)(H,23,25). The number of benzene rings is 2. The van der Waals surface area contributed by atoms with Crippen LogP contribution in [0.25, 0.3) is 0 Å². The topological polar surface area (TPSA) is 76.7 Å². The fourth-order valence-electron chi connectivity index (χ4n) is 2.78. The van der Waals surface area contributed by atoms with E-state index in [0.717, 1.165) is 30.8 Å². The lowest BCUT2D eigenvalue weighted by Gasteiger charge is -2.12. The van der Waals surface area contributed by atoms with Crippen LogP contribution in [0.4, 0.5) is 0 Å². The van der Waals surface area contributed by atoms with Crippen molar-refractivity contribution in [3.63, 3.8) is 0 Å². The van der Waals surface area contributed by atoms with Crippen LogP contribution >= 0.6 is 0 Å². The van der Waals surface area contributed by atoms with Gasteiger partial charge in [-0.05, 0) is 42.7 Å². The normalized spacial score (nSPS) is 15.9. The molecule has 1 aliphatic heterocycles. The zero-order chi connectivity index (χ0) is 18.9. The van der Waals surface area contributed by atoms with E-state index >= 15 is 0 Å². The van der Waals surface area contributed by atoms with Crippen LogP contribution in [0, 0.1) is 0 Å². The van der Waals surface area contributed by atoms with Gasteiger partial charge in [0.1, 0.15) is 12.4 Å². The Morgan fingerprint density at radius 3 is 2.52 bits per heavy atom. The minimum absolute atomic E-state index is 0.0592. The van der Waals surface area contributed by atoms with E-state index in [1.165, 1.54) is 0 Å². The summed E-state index contributed by atoms with van der Waals surface area (Å²) in [6, 6.07) is 16.4. The molecule has 0 aromatic heterocycles. The second-order valence-corrected chi connectivity index (χ2v) is 6.42. The quantitative estimate of drug-likeness (QED) is 0.750. The Kier molecular flexibility index (Phi) is 6.82. The zero-order valence-electron chi connectivity index (χ0n) is 15.1. The van der Waals surface area contributed by atoms with E-state index in [0.29, 0.717) is 18.7 Å². The van der Waals surface area contributed by atoms with Crippen LogP contribution in [0.15, 0.2) is 54.6 Å². The van der Waals surface area contributed by atoms with Crippen LogP contribution in [-0.4, -0.2) is 37.7 Å². The van der Waals surface area contributed by atoms with Gasteiger partial charge in [0.15, 0.2) is 0 Å². The molecule has 0 aliphatic carbocycles. The Balaban J connectivity index is 1.36. The van der Waals surface area contributed by atoms with Gasteiger partial charge in [0.05, 0.1) is 12.6 Å². The molecule has 0 bridgehead atoms. The average Bonchev–Trinajstić information content (AvgIpc) is 3.24. The van der Waals surface area contributed by atoms with Gasteiger partial charge in [-0.2, -0.15) is 0 Å². The van der Waals surface area contributed by atoms with Crippen LogP contribution in [0.1, 0.15) is 28.8 Å². The van der Waals surface area contributed by atoms with E-state index in [1.807, 2.05) is 30.3 Å². The number of amides is 2. The third-order valence-electron chi connectivity index (χ3n) is 4.32. The number of nitrogens with one attached hydrogen (secondary N) is 2. The number of hydrogen-bond acceptors (Lipinski definition) is 4. The number of rotatable bonds is 8. The summed E-state index contributed by atoms with van der Waals surface area (Å²) in [7, 11) is 0. The van der Waals surface area contributed by atoms with Crippen molar-refractivity contribution in [2.45, 2.75) is 25.5 Å². The lowest BCUT2D eigenvalue weighted by Crippen LogP contribution is -2.36. The lowest BCUT2D eigenvalue weighted by molar-refractivity contribution is -0.120. The first-order valence-electron chi connectivity index (χ1n) is 9.14. The molecule has 142 valence electrons. The van der Waals surface area contributed by atoms with E-state index in [-0.39, 0.29) is 24.5 Å². The molecule has 27 heavy (non-hydrogen) atoms. The highest BCUT2D eigenvalue weighted by atomic mass is 16.5. The smallest absolute Gasteiger partial charge is 0.251 e. The van der Waals surface area contributed by atoms with Crippen LogP contribution in [0.5, 0.6) is 5.75 Å². The molecule has 3 rings (SSSR count). The van der Waals surface area contributed by atoms with Gasteiger partial charge < -0.3 is 20.1 Å². The minimum atomic E-state index is -0.265. The van der Waals surface area contributed by atoms with Crippen LogP contribution in [0.3, 0.4) is 0 Å². The molecule has 0 spiro atoms. The average molecular weight is 368 g/mol. The number of carbonyl (C=O) groups excluding carboxylic acids is 2. The van der Waals surface area contributed by atoms with Crippen molar-refractivity contribution in [3.8, 4) is 5.75 Å². The van der Waals surface area contributed by atoms with E-state index < -0.39 is 0 Å². The van der Waals surface area contributed by atoms with E-state index in [2.05, 4.69) is 10.6 Å². The summed E-state index contributed by atoms with van der Waals surface area (Å²) in [6.07, 6.45) is 2.33. The summed E-state index contributed by atoms with van der Waals surface area (Å²) >= 11 is 0. The Labute approximate surface area is 158 Å². The predicted octanol–water partition coefficient (Wildman–Crippen LogP) is 2.29.